The molecule has 7 heteroatoms. The van der Waals surface area contributed by atoms with Crippen LogP contribution >= 0.6 is 0 Å². The molecule has 0 aliphatic carbocycles. The first kappa shape index (κ1) is 18.9. The minimum atomic E-state index is 0.628. The van der Waals surface area contributed by atoms with Crippen molar-refractivity contribution in [1.29, 1.82) is 0 Å². The molecule has 1 N–H and O–H groups in total. The van der Waals surface area contributed by atoms with Gasteiger partial charge in [-0.05, 0) is 31.2 Å². The highest BCUT2D eigenvalue weighted by Gasteiger charge is 2.15. The molecule has 3 heterocycles. The van der Waals surface area contributed by atoms with Crippen LogP contribution < -0.4 is 10.1 Å². The third-order valence-corrected chi connectivity index (χ3v) is 5.66. The number of nitrogens with zero attached hydrogens (tertiary/aromatic N) is 4. The molecular weight excluding hydrogens is 390 g/mol. The molecule has 1 amide bonds. The number of pyridine rings is 1. The van der Waals surface area contributed by atoms with E-state index in [9.17, 15) is 4.79 Å². The largest absolute Gasteiger partial charge is 0.496 e. The van der Waals surface area contributed by atoms with Gasteiger partial charge in [-0.15, -0.1) is 0 Å². The van der Waals surface area contributed by atoms with E-state index in [1.807, 2.05) is 71.0 Å². The topological polar surface area (TPSA) is 73.4 Å². The lowest BCUT2D eigenvalue weighted by Crippen LogP contribution is -2.00. The lowest BCUT2D eigenvalue weighted by Gasteiger charge is -2.12. The number of aromatic nitrogens is 4. The van der Waals surface area contributed by atoms with Crippen molar-refractivity contribution in [2.45, 2.75) is 6.92 Å². The van der Waals surface area contributed by atoms with Gasteiger partial charge in [0.1, 0.15) is 5.75 Å². The monoisotopic (exact) mass is 411 g/mol. The van der Waals surface area contributed by atoms with Crippen molar-refractivity contribution in [2.24, 2.45) is 7.05 Å². The predicted octanol–water partition coefficient (Wildman–Crippen LogP) is 4.44. The normalized spacial score (nSPS) is 11.2. The Bertz CT molecular complexity index is 1450. The molecule has 0 atom stereocenters. The Kier molecular flexibility index (Phi) is 4.43. The van der Waals surface area contributed by atoms with Crippen LogP contribution in [0.2, 0.25) is 0 Å². The number of anilines is 1. The van der Waals surface area contributed by atoms with Gasteiger partial charge in [0, 0.05) is 41.0 Å². The van der Waals surface area contributed by atoms with Crippen molar-refractivity contribution in [2.75, 3.05) is 12.4 Å². The Morgan fingerprint density at radius 2 is 1.94 bits per heavy atom. The number of ether oxygens (including phenoxy) is 1. The number of hydrogen-bond acceptors (Lipinski definition) is 4. The highest BCUT2D eigenvalue weighted by atomic mass is 16.5. The summed E-state index contributed by atoms with van der Waals surface area (Å²) < 4.78 is 9.43. The fraction of sp³-hybridized carbons (Fsp3) is 0.125. The second kappa shape index (κ2) is 7.28. The number of hydrogen-bond donors (Lipinski definition) is 1. The highest BCUT2D eigenvalue weighted by Crippen LogP contribution is 2.35. The molecular formula is C24H21N5O2. The molecule has 31 heavy (non-hydrogen) atoms. The van der Waals surface area contributed by atoms with Crippen LogP contribution in [0.15, 0.2) is 60.9 Å². The van der Waals surface area contributed by atoms with Crippen LogP contribution in [0.25, 0.3) is 38.9 Å². The third kappa shape index (κ3) is 3.02. The average Bonchev–Trinajstić information content (AvgIpc) is 3.34. The van der Waals surface area contributed by atoms with Crippen LogP contribution in [0, 0.1) is 6.92 Å². The average molecular weight is 411 g/mol. The minimum absolute atomic E-state index is 0.628. The summed E-state index contributed by atoms with van der Waals surface area (Å²) in [5, 5.41) is 8.43. The van der Waals surface area contributed by atoms with Gasteiger partial charge in [-0.3, -0.25) is 13.9 Å². The minimum Gasteiger partial charge on any atom is -0.496 e. The summed E-state index contributed by atoms with van der Waals surface area (Å²) in [5.74, 6) is 0.757. The molecule has 0 unspecified atom stereocenters. The van der Waals surface area contributed by atoms with Crippen LogP contribution in [0.4, 0.5) is 5.69 Å². The predicted molar refractivity (Wildman–Crippen MR) is 121 cm³/mol. The van der Waals surface area contributed by atoms with Gasteiger partial charge in [-0.1, -0.05) is 24.3 Å². The number of nitrogens with one attached hydrogen (secondary N) is 1. The number of carbonyl (C=O) groups is 1. The van der Waals surface area contributed by atoms with Gasteiger partial charge >= 0.3 is 0 Å². The molecule has 0 saturated heterocycles. The molecule has 0 saturated carbocycles. The Labute approximate surface area is 178 Å². The van der Waals surface area contributed by atoms with E-state index >= 15 is 0 Å². The SMILES string of the molecule is COc1ccccc1-c1cc(NC=O)c2ncc(-c3ccc4nn(C)c(C)c4c3)n2c1. The number of methoxy groups -OCH3 is 1. The molecule has 0 aliphatic heterocycles. The number of benzene rings is 2. The van der Waals surface area contributed by atoms with Gasteiger partial charge in [-0.2, -0.15) is 5.10 Å². The molecule has 154 valence electrons. The molecule has 0 bridgehead atoms. The summed E-state index contributed by atoms with van der Waals surface area (Å²) in [4.78, 5) is 15.9. The third-order valence-electron chi connectivity index (χ3n) is 5.66. The zero-order valence-electron chi connectivity index (χ0n) is 17.5. The number of aryl methyl sites for hydroxylation is 2. The van der Waals surface area contributed by atoms with Gasteiger partial charge in [0.25, 0.3) is 0 Å². The van der Waals surface area contributed by atoms with Gasteiger partial charge in [-0.25, -0.2) is 4.98 Å². The summed E-state index contributed by atoms with van der Waals surface area (Å²) in [5.41, 5.74) is 7.13. The zero-order chi connectivity index (χ0) is 21.5. The number of amides is 1. The molecule has 3 aromatic heterocycles. The van der Waals surface area contributed by atoms with Crippen LogP contribution in [0.5, 0.6) is 5.75 Å². The van der Waals surface area contributed by atoms with Crippen LogP contribution in [-0.4, -0.2) is 32.7 Å². The van der Waals surface area contributed by atoms with E-state index in [2.05, 4.69) is 28.4 Å². The number of para-hydroxylation sites is 1. The molecule has 0 radical (unpaired) electrons. The Morgan fingerprint density at radius 1 is 1.10 bits per heavy atom. The van der Waals surface area contributed by atoms with Crippen molar-refractivity contribution in [3.05, 3.63) is 66.6 Å². The molecule has 5 aromatic rings. The van der Waals surface area contributed by atoms with Gasteiger partial charge < -0.3 is 10.1 Å². The fourth-order valence-corrected chi connectivity index (χ4v) is 3.98. The molecule has 0 spiro atoms. The summed E-state index contributed by atoms with van der Waals surface area (Å²) in [6.45, 7) is 2.06. The first-order valence-electron chi connectivity index (χ1n) is 9.89. The van der Waals surface area contributed by atoms with E-state index in [1.165, 1.54) is 0 Å². The summed E-state index contributed by atoms with van der Waals surface area (Å²) >= 11 is 0. The maximum atomic E-state index is 11.3. The van der Waals surface area contributed by atoms with Crippen molar-refractivity contribution >= 4 is 28.6 Å². The summed E-state index contributed by atoms with van der Waals surface area (Å²) in [6.07, 6.45) is 4.51. The standard InChI is InChI=1S/C24H21N5O2/c1-15-19-10-16(8-9-20(19)27-28(15)2)22-12-25-24-21(26-14-30)11-17(13-29(22)24)18-6-4-5-7-23(18)31-3/h4-14H,1-3H3,(H,26,30). The lowest BCUT2D eigenvalue weighted by molar-refractivity contribution is -0.105. The van der Waals surface area contributed by atoms with Crippen LogP contribution in [0.3, 0.4) is 0 Å². The number of imidazole rings is 1. The molecule has 7 nitrogen and oxygen atoms in total. The maximum Gasteiger partial charge on any atom is 0.211 e. The fourth-order valence-electron chi connectivity index (χ4n) is 3.98. The second-order valence-electron chi connectivity index (χ2n) is 7.38. The van der Waals surface area contributed by atoms with E-state index < -0.39 is 0 Å². The Hall–Kier alpha value is -4.13. The van der Waals surface area contributed by atoms with E-state index in [1.54, 1.807) is 7.11 Å². The summed E-state index contributed by atoms with van der Waals surface area (Å²) in [7, 11) is 3.59. The van der Waals surface area contributed by atoms with Crippen molar-refractivity contribution < 1.29 is 9.53 Å². The Morgan fingerprint density at radius 3 is 2.74 bits per heavy atom. The van der Waals surface area contributed by atoms with Crippen LogP contribution in [-0.2, 0) is 11.8 Å². The number of rotatable bonds is 5. The number of carbonyl (C=O) groups excluding carboxylic acids is 1. The summed E-state index contributed by atoms with van der Waals surface area (Å²) in [6, 6.07) is 15.9. The first-order chi connectivity index (χ1) is 15.1. The second-order valence-corrected chi connectivity index (χ2v) is 7.38. The molecule has 0 aliphatic rings. The van der Waals surface area contributed by atoms with Gasteiger partial charge in [0.2, 0.25) is 6.41 Å². The smallest absolute Gasteiger partial charge is 0.211 e. The molecule has 2 aromatic carbocycles. The Balaban J connectivity index is 1.76. The van der Waals surface area contributed by atoms with Crippen molar-refractivity contribution in [3.8, 4) is 28.1 Å². The van der Waals surface area contributed by atoms with Gasteiger partial charge in [0.05, 0.1) is 30.2 Å². The lowest BCUT2D eigenvalue weighted by atomic mass is 10.1. The number of fused-ring (bicyclic) bond motifs is 2. The van der Waals surface area contributed by atoms with E-state index in [0.29, 0.717) is 17.7 Å². The first-order valence-corrected chi connectivity index (χ1v) is 9.89. The van der Waals surface area contributed by atoms with Crippen molar-refractivity contribution in [1.82, 2.24) is 19.2 Å². The van der Waals surface area contributed by atoms with Gasteiger partial charge in [0.15, 0.2) is 5.65 Å². The maximum absolute atomic E-state index is 11.3. The van der Waals surface area contributed by atoms with E-state index in [-0.39, 0.29) is 0 Å². The van der Waals surface area contributed by atoms with E-state index in [4.69, 9.17) is 4.74 Å². The van der Waals surface area contributed by atoms with Crippen molar-refractivity contribution in [3.63, 3.8) is 0 Å². The zero-order valence-corrected chi connectivity index (χ0v) is 17.5. The molecule has 0 fully saturated rings. The molecule has 5 rings (SSSR count). The van der Waals surface area contributed by atoms with Crippen LogP contribution in [0.1, 0.15) is 5.69 Å². The quantitative estimate of drug-likeness (QED) is 0.434. The highest BCUT2D eigenvalue weighted by molar-refractivity contribution is 5.89. The van der Waals surface area contributed by atoms with E-state index in [0.717, 1.165) is 44.7 Å².